The van der Waals surface area contributed by atoms with Crippen molar-refractivity contribution in [1.29, 1.82) is 0 Å². The number of fused-ring (bicyclic) bond motifs is 3. The van der Waals surface area contributed by atoms with Crippen molar-refractivity contribution in [2.45, 2.75) is 20.4 Å². The number of nitrogens with one attached hydrogen (secondary N) is 1. The second kappa shape index (κ2) is 8.74. The van der Waals surface area contributed by atoms with Gasteiger partial charge in [0, 0.05) is 44.6 Å². The van der Waals surface area contributed by atoms with Crippen LogP contribution in [0.25, 0.3) is 11.3 Å². The smallest absolute Gasteiger partial charge is 0.311 e. The Bertz CT molecular complexity index is 1440. The van der Waals surface area contributed by atoms with Crippen LogP contribution in [-0.2, 0) is 11.3 Å². The van der Waals surface area contributed by atoms with Crippen molar-refractivity contribution >= 4 is 29.2 Å². The topological polar surface area (TPSA) is 87.5 Å². The summed E-state index contributed by atoms with van der Waals surface area (Å²) in [5.74, 6) is -1.50. The van der Waals surface area contributed by atoms with Gasteiger partial charge in [-0.25, -0.2) is 14.4 Å². The second-order valence-electron chi connectivity index (χ2n) is 9.12. The maximum atomic E-state index is 14.7. The van der Waals surface area contributed by atoms with E-state index >= 15 is 0 Å². The maximum absolute atomic E-state index is 14.7. The number of aliphatic imine (C=N–C) groups is 1. The van der Waals surface area contributed by atoms with E-state index in [1.165, 1.54) is 6.07 Å². The molecule has 1 aliphatic heterocycles. The van der Waals surface area contributed by atoms with Crippen LogP contribution in [0.4, 0.5) is 10.3 Å². The Labute approximate surface area is 206 Å². The summed E-state index contributed by atoms with van der Waals surface area (Å²) in [4.78, 5) is 25.5. The zero-order valence-corrected chi connectivity index (χ0v) is 19.8. The Balaban J connectivity index is 1.55. The molecule has 1 aliphatic carbocycles. The quantitative estimate of drug-likeness (QED) is 0.479. The average Bonchev–Trinajstić information content (AvgIpc) is 2.95. The molecule has 0 saturated carbocycles. The molecule has 0 fully saturated rings. The standard InChI is InChI=1S/C27H22ClFN4O2/c1-27(2)12-17(8-10-21(27)25(34)35)32-26-31-14-15-13-30-24(19-5-3-4-6-22(19)29)20-11-16(28)7-9-18(20)23(15)33-26/h3-12,14,21H,13H2,1-2H3,(H,34,35)(H,31,32,33). The Hall–Kier alpha value is -3.84. The monoisotopic (exact) mass is 488 g/mol. The van der Waals surface area contributed by atoms with Gasteiger partial charge in [-0.2, -0.15) is 0 Å². The molecule has 3 aromatic rings. The molecule has 1 unspecified atom stereocenters. The highest BCUT2D eigenvalue weighted by atomic mass is 35.5. The van der Waals surface area contributed by atoms with Gasteiger partial charge in [-0.15, -0.1) is 0 Å². The summed E-state index contributed by atoms with van der Waals surface area (Å²) < 4.78 is 14.7. The van der Waals surface area contributed by atoms with Crippen LogP contribution in [0.15, 0.2) is 77.6 Å². The summed E-state index contributed by atoms with van der Waals surface area (Å²) >= 11 is 6.32. The van der Waals surface area contributed by atoms with Crippen molar-refractivity contribution in [3.63, 3.8) is 0 Å². The van der Waals surface area contributed by atoms with Gasteiger partial charge in [0.2, 0.25) is 5.95 Å². The minimum atomic E-state index is -0.872. The number of hydrogen-bond donors (Lipinski definition) is 2. The van der Waals surface area contributed by atoms with Crippen LogP contribution in [0.1, 0.15) is 30.5 Å². The van der Waals surface area contributed by atoms with Gasteiger partial charge in [-0.1, -0.05) is 55.8 Å². The fraction of sp³-hybridized carbons (Fsp3) is 0.185. The first kappa shape index (κ1) is 22.9. The molecule has 176 valence electrons. The molecule has 2 heterocycles. The number of carbonyl (C=O) groups is 1. The lowest BCUT2D eigenvalue weighted by Crippen LogP contribution is -2.30. The molecular formula is C27H22ClFN4O2. The van der Waals surface area contributed by atoms with E-state index in [1.54, 1.807) is 48.7 Å². The summed E-state index contributed by atoms with van der Waals surface area (Å²) in [6.45, 7) is 4.02. The largest absolute Gasteiger partial charge is 0.481 e. The summed E-state index contributed by atoms with van der Waals surface area (Å²) in [6, 6.07) is 11.9. The van der Waals surface area contributed by atoms with Crippen LogP contribution in [0.2, 0.25) is 5.02 Å². The van der Waals surface area contributed by atoms with Crippen LogP contribution in [0, 0.1) is 17.2 Å². The van der Waals surface area contributed by atoms with E-state index in [0.717, 1.165) is 11.1 Å². The normalized spacial score (nSPS) is 18.0. The molecule has 5 rings (SSSR count). The van der Waals surface area contributed by atoms with Gasteiger partial charge in [0.05, 0.1) is 23.9 Å². The lowest BCUT2D eigenvalue weighted by Gasteiger charge is -2.30. The van der Waals surface area contributed by atoms with Crippen LogP contribution < -0.4 is 5.32 Å². The molecule has 2 aliphatic rings. The van der Waals surface area contributed by atoms with Gasteiger partial charge in [0.25, 0.3) is 0 Å². The lowest BCUT2D eigenvalue weighted by molar-refractivity contribution is -0.142. The molecule has 35 heavy (non-hydrogen) atoms. The fourth-order valence-corrected chi connectivity index (χ4v) is 4.63. The Morgan fingerprint density at radius 3 is 2.71 bits per heavy atom. The minimum absolute atomic E-state index is 0.279. The van der Waals surface area contributed by atoms with Gasteiger partial charge < -0.3 is 10.4 Å². The van der Waals surface area contributed by atoms with E-state index in [4.69, 9.17) is 21.6 Å². The molecule has 0 amide bonds. The van der Waals surface area contributed by atoms with Crippen LogP contribution in [0.5, 0.6) is 0 Å². The summed E-state index contributed by atoms with van der Waals surface area (Å²) in [6.07, 6.45) is 6.97. The summed E-state index contributed by atoms with van der Waals surface area (Å²) in [7, 11) is 0. The van der Waals surface area contributed by atoms with E-state index in [0.29, 0.717) is 39.2 Å². The predicted octanol–water partition coefficient (Wildman–Crippen LogP) is 5.88. The van der Waals surface area contributed by atoms with Gasteiger partial charge in [0.15, 0.2) is 0 Å². The number of rotatable bonds is 4. The third-order valence-corrected chi connectivity index (χ3v) is 6.45. The van der Waals surface area contributed by atoms with Crippen molar-refractivity contribution < 1.29 is 14.3 Å². The molecule has 0 spiro atoms. The van der Waals surface area contributed by atoms with Gasteiger partial charge >= 0.3 is 5.97 Å². The summed E-state index contributed by atoms with van der Waals surface area (Å²) in [5, 5.41) is 13.2. The Morgan fingerprint density at radius 1 is 1.17 bits per heavy atom. The first-order chi connectivity index (χ1) is 16.7. The second-order valence-corrected chi connectivity index (χ2v) is 9.56. The van der Waals surface area contributed by atoms with E-state index in [9.17, 15) is 14.3 Å². The number of halogens is 2. The molecule has 2 N–H and O–H groups in total. The zero-order chi connectivity index (χ0) is 24.7. The van der Waals surface area contributed by atoms with Crippen molar-refractivity contribution in [3.05, 3.63) is 100 Å². The lowest BCUT2D eigenvalue weighted by atomic mass is 9.75. The van der Waals surface area contributed by atoms with Crippen LogP contribution in [-0.4, -0.2) is 26.8 Å². The van der Waals surface area contributed by atoms with E-state index in [1.807, 2.05) is 26.0 Å². The highest BCUT2D eigenvalue weighted by Gasteiger charge is 2.34. The first-order valence-electron chi connectivity index (χ1n) is 11.1. The van der Waals surface area contributed by atoms with E-state index in [-0.39, 0.29) is 12.4 Å². The number of nitrogens with zero attached hydrogens (tertiary/aromatic N) is 3. The molecule has 0 bridgehead atoms. The number of hydrogen-bond acceptors (Lipinski definition) is 5. The van der Waals surface area contributed by atoms with Gasteiger partial charge in [-0.05, 0) is 30.3 Å². The molecule has 2 aromatic carbocycles. The number of anilines is 1. The molecule has 6 nitrogen and oxygen atoms in total. The molecule has 8 heteroatoms. The van der Waals surface area contributed by atoms with Crippen molar-refractivity contribution in [2.24, 2.45) is 16.3 Å². The zero-order valence-electron chi connectivity index (χ0n) is 19.1. The number of aliphatic carboxylic acids is 1. The molecule has 1 aromatic heterocycles. The van der Waals surface area contributed by atoms with E-state index in [2.05, 4.69) is 10.3 Å². The molecule has 1 atom stereocenters. The first-order valence-corrected chi connectivity index (χ1v) is 11.5. The number of benzene rings is 2. The highest BCUT2D eigenvalue weighted by Crippen LogP contribution is 2.36. The van der Waals surface area contributed by atoms with Gasteiger partial charge in [0.1, 0.15) is 5.82 Å². The predicted molar refractivity (Wildman–Crippen MR) is 134 cm³/mol. The summed E-state index contributed by atoms with van der Waals surface area (Å²) in [5.41, 5.74) is 3.95. The maximum Gasteiger partial charge on any atom is 0.311 e. The fourth-order valence-electron chi connectivity index (χ4n) is 4.46. The number of aromatic nitrogens is 2. The highest BCUT2D eigenvalue weighted by molar-refractivity contribution is 6.31. The van der Waals surface area contributed by atoms with Crippen molar-refractivity contribution in [1.82, 2.24) is 9.97 Å². The number of carboxylic acids is 1. The third-order valence-electron chi connectivity index (χ3n) is 6.21. The minimum Gasteiger partial charge on any atom is -0.481 e. The molecule has 0 saturated heterocycles. The van der Waals surface area contributed by atoms with Crippen LogP contribution >= 0.6 is 11.6 Å². The van der Waals surface area contributed by atoms with Crippen molar-refractivity contribution in [2.75, 3.05) is 5.32 Å². The number of carboxylic acid groups (broad SMARTS) is 1. The van der Waals surface area contributed by atoms with Crippen molar-refractivity contribution in [3.8, 4) is 11.3 Å². The molecular weight excluding hydrogens is 467 g/mol. The third kappa shape index (κ3) is 4.35. The average molecular weight is 489 g/mol. The Morgan fingerprint density at radius 2 is 1.97 bits per heavy atom. The van der Waals surface area contributed by atoms with Crippen LogP contribution in [0.3, 0.4) is 0 Å². The SMILES string of the molecule is CC1(C)C=C(Nc2ncc3c(n2)-c2ccc(Cl)cc2C(c2ccccc2F)=NC3)C=CC1C(=O)O. The Kier molecular flexibility index (Phi) is 5.73. The van der Waals surface area contributed by atoms with Gasteiger partial charge in [-0.3, -0.25) is 9.79 Å². The van der Waals surface area contributed by atoms with E-state index < -0.39 is 17.3 Å². The number of allylic oxidation sites excluding steroid dienone is 2. The molecule has 0 radical (unpaired) electrons.